The van der Waals surface area contributed by atoms with Crippen molar-refractivity contribution >= 4 is 33.4 Å². The minimum absolute atomic E-state index is 0.0459. The van der Waals surface area contributed by atoms with Gasteiger partial charge in [-0.3, -0.25) is 4.79 Å². The van der Waals surface area contributed by atoms with Gasteiger partial charge in [0.2, 0.25) is 0 Å². The van der Waals surface area contributed by atoms with Gasteiger partial charge in [-0.15, -0.1) is 0 Å². The van der Waals surface area contributed by atoms with Gasteiger partial charge in [0.25, 0.3) is 5.91 Å². The molecule has 3 rings (SSSR count). The Labute approximate surface area is 119 Å². The molecule has 1 aromatic carbocycles. The van der Waals surface area contributed by atoms with Crippen molar-refractivity contribution in [3.63, 3.8) is 0 Å². The number of ether oxygens (including phenoxy) is 1. The second-order valence-corrected chi connectivity index (χ2v) is 6.06. The molecule has 2 fully saturated rings. The largest absolute Gasteiger partial charge is 0.371 e. The van der Waals surface area contributed by atoms with Gasteiger partial charge >= 0.3 is 0 Å². The summed E-state index contributed by atoms with van der Waals surface area (Å²) in [7, 11) is 0. The van der Waals surface area contributed by atoms with E-state index in [1.165, 1.54) is 0 Å². The van der Waals surface area contributed by atoms with E-state index in [2.05, 4.69) is 15.9 Å². The first-order chi connectivity index (χ1) is 8.63. The number of benzene rings is 1. The van der Waals surface area contributed by atoms with E-state index < -0.39 is 0 Å². The smallest absolute Gasteiger partial charge is 0.254 e. The Morgan fingerprint density at radius 1 is 1.33 bits per heavy atom. The predicted molar refractivity (Wildman–Crippen MR) is 73.0 cm³/mol. The van der Waals surface area contributed by atoms with Crippen LogP contribution in [0.15, 0.2) is 22.7 Å². The molecule has 0 spiro atoms. The first kappa shape index (κ1) is 12.5. The number of nitrogens with zero attached hydrogens (tertiary/aromatic N) is 1. The highest BCUT2D eigenvalue weighted by atomic mass is 79.9. The summed E-state index contributed by atoms with van der Waals surface area (Å²) in [5, 5.41) is 0.567. The van der Waals surface area contributed by atoms with Gasteiger partial charge < -0.3 is 9.64 Å². The Morgan fingerprint density at radius 3 is 2.61 bits per heavy atom. The average molecular weight is 331 g/mol. The lowest BCUT2D eigenvalue weighted by Crippen LogP contribution is -2.45. The first-order valence-electron chi connectivity index (χ1n) is 6.03. The monoisotopic (exact) mass is 329 g/mol. The zero-order chi connectivity index (χ0) is 12.7. The minimum atomic E-state index is 0.0459. The van der Waals surface area contributed by atoms with Gasteiger partial charge in [0, 0.05) is 23.1 Å². The fraction of sp³-hybridized carbons (Fsp3) is 0.462. The number of halogens is 2. The van der Waals surface area contributed by atoms with Gasteiger partial charge in [-0.25, -0.2) is 0 Å². The predicted octanol–water partition coefficient (Wildman–Crippen LogP) is 3.11. The van der Waals surface area contributed by atoms with Gasteiger partial charge in [-0.2, -0.15) is 0 Å². The SMILES string of the molecule is O=C(c1ccc(Br)c(Cl)c1)N1CC2CCC(C1)O2. The van der Waals surface area contributed by atoms with Crippen LogP contribution in [-0.4, -0.2) is 36.1 Å². The second kappa shape index (κ2) is 4.83. The number of hydrogen-bond donors (Lipinski definition) is 0. The van der Waals surface area contributed by atoms with Gasteiger partial charge in [-0.05, 0) is 47.0 Å². The summed E-state index contributed by atoms with van der Waals surface area (Å²) in [5.41, 5.74) is 0.643. The fourth-order valence-corrected chi connectivity index (χ4v) is 3.02. The van der Waals surface area contributed by atoms with Crippen LogP contribution in [-0.2, 0) is 4.74 Å². The zero-order valence-corrected chi connectivity index (χ0v) is 12.1. The average Bonchev–Trinajstić information content (AvgIpc) is 2.71. The fourth-order valence-electron chi connectivity index (χ4n) is 2.59. The van der Waals surface area contributed by atoms with Crippen LogP contribution < -0.4 is 0 Å². The van der Waals surface area contributed by atoms with Crippen molar-refractivity contribution in [3.05, 3.63) is 33.3 Å². The van der Waals surface area contributed by atoms with E-state index in [0.29, 0.717) is 23.7 Å². The van der Waals surface area contributed by atoms with E-state index in [4.69, 9.17) is 16.3 Å². The lowest BCUT2D eigenvalue weighted by atomic mass is 10.2. The summed E-state index contributed by atoms with van der Waals surface area (Å²) >= 11 is 9.35. The molecule has 2 heterocycles. The number of likely N-dealkylation sites (tertiary alicyclic amines) is 1. The third-order valence-electron chi connectivity index (χ3n) is 3.50. The van der Waals surface area contributed by atoms with Gasteiger partial charge in [0.1, 0.15) is 0 Å². The molecule has 2 unspecified atom stereocenters. The van der Waals surface area contributed by atoms with E-state index in [1.54, 1.807) is 12.1 Å². The molecule has 2 saturated heterocycles. The topological polar surface area (TPSA) is 29.5 Å². The Bertz CT molecular complexity index is 482. The Kier molecular flexibility index (Phi) is 3.34. The molecule has 0 saturated carbocycles. The number of rotatable bonds is 1. The molecule has 96 valence electrons. The molecule has 2 aliphatic rings. The minimum Gasteiger partial charge on any atom is -0.371 e. The maximum absolute atomic E-state index is 12.4. The quantitative estimate of drug-likeness (QED) is 0.792. The van der Waals surface area contributed by atoms with Crippen molar-refractivity contribution in [2.24, 2.45) is 0 Å². The number of carbonyl (C=O) groups excluding carboxylic acids is 1. The van der Waals surface area contributed by atoms with Crippen molar-refractivity contribution < 1.29 is 9.53 Å². The molecular formula is C13H13BrClNO2. The number of carbonyl (C=O) groups is 1. The van der Waals surface area contributed by atoms with Crippen LogP contribution in [0.4, 0.5) is 0 Å². The molecule has 0 N–H and O–H groups in total. The number of amides is 1. The van der Waals surface area contributed by atoms with E-state index in [9.17, 15) is 4.79 Å². The van der Waals surface area contributed by atoms with Crippen LogP contribution >= 0.6 is 27.5 Å². The van der Waals surface area contributed by atoms with Crippen LogP contribution in [0.3, 0.4) is 0 Å². The van der Waals surface area contributed by atoms with E-state index in [0.717, 1.165) is 17.3 Å². The lowest BCUT2D eigenvalue weighted by Gasteiger charge is -2.32. The molecule has 1 amide bonds. The van der Waals surface area contributed by atoms with Crippen LogP contribution in [0.5, 0.6) is 0 Å². The van der Waals surface area contributed by atoms with Gasteiger partial charge in [0.05, 0.1) is 17.2 Å². The van der Waals surface area contributed by atoms with Crippen LogP contribution in [0.2, 0.25) is 5.02 Å². The molecule has 2 bridgehead atoms. The zero-order valence-electron chi connectivity index (χ0n) is 9.73. The summed E-state index contributed by atoms with van der Waals surface area (Å²) in [6.45, 7) is 1.39. The molecule has 1 aromatic rings. The maximum atomic E-state index is 12.4. The molecule has 5 heteroatoms. The molecule has 2 aliphatic heterocycles. The van der Waals surface area contributed by atoms with Gasteiger partial charge in [-0.1, -0.05) is 11.6 Å². The highest BCUT2D eigenvalue weighted by molar-refractivity contribution is 9.10. The standard InChI is InChI=1S/C13H13BrClNO2/c14-11-4-1-8(5-12(11)15)13(17)16-6-9-2-3-10(7-16)18-9/h1,4-5,9-10H,2-3,6-7H2. The van der Waals surface area contributed by atoms with Crippen molar-refractivity contribution in [2.45, 2.75) is 25.0 Å². The summed E-state index contributed by atoms with van der Waals surface area (Å²) in [4.78, 5) is 14.3. The Hall–Kier alpha value is -0.580. The summed E-state index contributed by atoms with van der Waals surface area (Å²) in [5.74, 6) is 0.0459. The summed E-state index contributed by atoms with van der Waals surface area (Å²) < 4.78 is 6.54. The van der Waals surface area contributed by atoms with Gasteiger partial charge in [0.15, 0.2) is 0 Å². The Balaban J connectivity index is 1.79. The Morgan fingerprint density at radius 2 is 2.00 bits per heavy atom. The van der Waals surface area contributed by atoms with Crippen molar-refractivity contribution in [1.29, 1.82) is 0 Å². The summed E-state index contributed by atoms with van der Waals surface area (Å²) in [6, 6.07) is 5.33. The normalized spacial score (nSPS) is 26.4. The second-order valence-electron chi connectivity index (χ2n) is 4.80. The molecule has 0 radical (unpaired) electrons. The lowest BCUT2D eigenvalue weighted by molar-refractivity contribution is -0.0303. The van der Waals surface area contributed by atoms with Crippen LogP contribution in [0.25, 0.3) is 0 Å². The molecule has 2 atom stereocenters. The first-order valence-corrected chi connectivity index (χ1v) is 7.20. The maximum Gasteiger partial charge on any atom is 0.254 e. The van der Waals surface area contributed by atoms with E-state index >= 15 is 0 Å². The number of morpholine rings is 1. The van der Waals surface area contributed by atoms with Crippen molar-refractivity contribution in [1.82, 2.24) is 4.90 Å². The summed E-state index contributed by atoms with van der Waals surface area (Å²) in [6.07, 6.45) is 2.57. The molecule has 0 aliphatic carbocycles. The molecule has 0 aromatic heterocycles. The van der Waals surface area contributed by atoms with Crippen LogP contribution in [0.1, 0.15) is 23.2 Å². The molecule has 3 nitrogen and oxygen atoms in total. The molecule has 18 heavy (non-hydrogen) atoms. The van der Waals surface area contributed by atoms with Crippen molar-refractivity contribution in [3.8, 4) is 0 Å². The third kappa shape index (κ3) is 2.29. The number of hydrogen-bond acceptors (Lipinski definition) is 2. The number of fused-ring (bicyclic) bond motifs is 2. The van der Waals surface area contributed by atoms with Crippen molar-refractivity contribution in [2.75, 3.05) is 13.1 Å². The highest BCUT2D eigenvalue weighted by Crippen LogP contribution is 2.28. The molecular weight excluding hydrogens is 318 g/mol. The highest BCUT2D eigenvalue weighted by Gasteiger charge is 2.35. The van der Waals surface area contributed by atoms with E-state index in [1.807, 2.05) is 11.0 Å². The third-order valence-corrected chi connectivity index (χ3v) is 4.73. The van der Waals surface area contributed by atoms with E-state index in [-0.39, 0.29) is 18.1 Å². The van der Waals surface area contributed by atoms with Crippen LogP contribution in [0, 0.1) is 0 Å².